The Bertz CT molecular complexity index is 889. The molecule has 0 radical (unpaired) electrons. The normalized spacial score (nSPS) is 10.9. The maximum Gasteiger partial charge on any atom is 0.278 e. The Hall–Kier alpha value is -2.91. The lowest BCUT2D eigenvalue weighted by Crippen LogP contribution is -2.08. The molecule has 0 spiro atoms. The summed E-state index contributed by atoms with van der Waals surface area (Å²) in [5, 5.41) is 47.3. The number of aromatic hydroxyl groups is 2. The van der Waals surface area contributed by atoms with Crippen LogP contribution in [0.25, 0.3) is 0 Å². The van der Waals surface area contributed by atoms with Gasteiger partial charge >= 0.3 is 0 Å². The van der Waals surface area contributed by atoms with E-state index in [1.165, 1.54) is 25.1 Å². The van der Waals surface area contributed by atoms with Gasteiger partial charge in [-0.15, -0.1) is 14.6 Å². The van der Waals surface area contributed by atoms with Gasteiger partial charge in [0.05, 0.1) is 12.0 Å². The number of nitriles is 1. The van der Waals surface area contributed by atoms with Crippen LogP contribution in [-0.2, 0) is 9.37 Å². The van der Waals surface area contributed by atoms with E-state index in [1.54, 1.807) is 6.07 Å². The highest BCUT2D eigenvalue weighted by molar-refractivity contribution is 7.94. The van der Waals surface area contributed by atoms with Crippen molar-refractivity contribution in [1.82, 2.24) is 4.98 Å². The van der Waals surface area contributed by atoms with Gasteiger partial charge in [-0.3, -0.25) is 9.78 Å². The van der Waals surface area contributed by atoms with E-state index in [-0.39, 0.29) is 28.3 Å². The Morgan fingerprint density at radius 3 is 2.75 bits per heavy atom. The third kappa shape index (κ3) is 3.70. The van der Waals surface area contributed by atoms with Gasteiger partial charge in [-0.1, -0.05) is 5.04 Å². The predicted molar refractivity (Wildman–Crippen MR) is 81.1 cm³/mol. The molecule has 1 aromatic carbocycles. The van der Waals surface area contributed by atoms with E-state index < -0.39 is 11.4 Å². The zero-order valence-electron chi connectivity index (χ0n) is 12.0. The van der Waals surface area contributed by atoms with Crippen LogP contribution < -0.4 is 5.56 Å². The number of pyridine rings is 1. The van der Waals surface area contributed by atoms with Crippen LogP contribution in [0.4, 0.5) is 11.4 Å². The number of phenols is 1. The summed E-state index contributed by atoms with van der Waals surface area (Å²) in [6.07, 6.45) is 0. The number of azo groups is 1. The average Bonchev–Trinajstić information content (AvgIpc) is 2.55. The summed E-state index contributed by atoms with van der Waals surface area (Å²) in [4.78, 5) is 14.3. The molecule has 10 nitrogen and oxygen atoms in total. The first-order valence-corrected chi connectivity index (χ1v) is 6.97. The molecule has 4 N–H and O–H groups in total. The van der Waals surface area contributed by atoms with E-state index in [0.29, 0.717) is 16.9 Å². The van der Waals surface area contributed by atoms with Crippen LogP contribution in [0.1, 0.15) is 11.1 Å². The first-order chi connectivity index (χ1) is 11.5. The highest BCUT2D eigenvalue weighted by atomic mass is 32.2. The van der Waals surface area contributed by atoms with Crippen molar-refractivity contribution in [3.63, 3.8) is 0 Å². The van der Waals surface area contributed by atoms with E-state index in [0.717, 1.165) is 0 Å². The van der Waals surface area contributed by atoms with Crippen molar-refractivity contribution < 1.29 is 24.8 Å². The highest BCUT2D eigenvalue weighted by Crippen LogP contribution is 2.33. The molecule has 0 aliphatic rings. The van der Waals surface area contributed by atoms with Gasteiger partial charge in [0.2, 0.25) is 5.88 Å². The molecule has 1 heterocycles. The quantitative estimate of drug-likeness (QED) is 0.277. The van der Waals surface area contributed by atoms with E-state index >= 15 is 0 Å². The number of H-pyrrole nitrogens is 1. The highest BCUT2D eigenvalue weighted by Gasteiger charge is 2.14. The summed E-state index contributed by atoms with van der Waals surface area (Å²) in [7, 11) is 0. The predicted octanol–water partition coefficient (Wildman–Crippen LogP) is 2.81. The fourth-order valence-electron chi connectivity index (χ4n) is 1.75. The minimum atomic E-state index is -0.741. The molecule has 0 aliphatic heterocycles. The Balaban J connectivity index is 2.42. The largest absolute Gasteiger partial charge is 0.506 e. The molecule has 0 amide bonds. The van der Waals surface area contributed by atoms with E-state index in [9.17, 15) is 15.0 Å². The van der Waals surface area contributed by atoms with Gasteiger partial charge in [0.1, 0.15) is 23.1 Å². The molecule has 0 fully saturated rings. The van der Waals surface area contributed by atoms with Crippen LogP contribution in [0, 0.1) is 18.3 Å². The Labute approximate surface area is 138 Å². The van der Waals surface area contributed by atoms with Crippen molar-refractivity contribution in [3.05, 3.63) is 39.7 Å². The number of rotatable bonds is 5. The van der Waals surface area contributed by atoms with Crippen LogP contribution in [-0.4, -0.2) is 20.5 Å². The maximum absolute atomic E-state index is 11.8. The van der Waals surface area contributed by atoms with Crippen molar-refractivity contribution in [1.29, 1.82) is 5.26 Å². The number of aromatic amines is 1. The molecule has 0 bridgehead atoms. The van der Waals surface area contributed by atoms with E-state index in [2.05, 4.69) is 24.6 Å². The second kappa shape index (κ2) is 7.57. The zero-order chi connectivity index (χ0) is 17.7. The maximum atomic E-state index is 11.8. The molecular formula is C13H10N4O6S. The summed E-state index contributed by atoms with van der Waals surface area (Å²) in [5.41, 5.74) is -0.909. The second-order valence-electron chi connectivity index (χ2n) is 4.34. The number of hydrogen-bond donors (Lipinski definition) is 4. The smallest absolute Gasteiger partial charge is 0.278 e. The van der Waals surface area contributed by atoms with Crippen molar-refractivity contribution in [2.45, 2.75) is 11.8 Å². The number of benzene rings is 1. The SMILES string of the molecule is Cc1c(C#N)c(O)[nH]c(=O)c1N=Nc1cc(SOOO)ccc1O. The number of hydrogen-bond acceptors (Lipinski definition) is 10. The monoisotopic (exact) mass is 350 g/mol. The van der Waals surface area contributed by atoms with Crippen LogP contribution >= 0.6 is 12.0 Å². The minimum absolute atomic E-state index is 0.00641. The number of phenolic OH excluding ortho intramolecular Hbond substituents is 1. The Morgan fingerprint density at radius 1 is 1.33 bits per heavy atom. The first-order valence-electron chi connectivity index (χ1n) is 6.23. The molecule has 24 heavy (non-hydrogen) atoms. The third-order valence-electron chi connectivity index (χ3n) is 2.89. The molecule has 0 atom stereocenters. The standard InChI is InChI=1S/C13H10N4O6S/c1-6-8(5-14)12(19)15-13(20)11(6)17-16-9-4-7(24-23-22-21)2-3-10(9)18/h2-4,18,21H,1H3,(H2,15,19,20). The van der Waals surface area contributed by atoms with Gasteiger partial charge < -0.3 is 10.2 Å². The number of nitrogens with one attached hydrogen (secondary N) is 1. The van der Waals surface area contributed by atoms with Crippen molar-refractivity contribution in [2.75, 3.05) is 0 Å². The van der Waals surface area contributed by atoms with Crippen LogP contribution in [0.2, 0.25) is 0 Å². The third-order valence-corrected chi connectivity index (χ3v) is 3.47. The molecule has 124 valence electrons. The van der Waals surface area contributed by atoms with E-state index in [1.807, 2.05) is 0 Å². The molecule has 0 saturated carbocycles. The fourth-order valence-corrected chi connectivity index (χ4v) is 2.14. The van der Waals surface area contributed by atoms with Gasteiger partial charge in [-0.2, -0.15) is 5.26 Å². The van der Waals surface area contributed by atoms with Gasteiger partial charge in [-0.25, -0.2) is 5.26 Å². The minimum Gasteiger partial charge on any atom is -0.506 e. The summed E-state index contributed by atoms with van der Waals surface area (Å²) in [6.45, 7) is 1.43. The topological polar surface area (TPSA) is 161 Å². The lowest BCUT2D eigenvalue weighted by Gasteiger charge is -2.04. The first kappa shape index (κ1) is 17.4. The van der Waals surface area contributed by atoms with Crippen molar-refractivity contribution in [2.24, 2.45) is 10.2 Å². The van der Waals surface area contributed by atoms with Crippen LogP contribution in [0.5, 0.6) is 11.6 Å². The van der Waals surface area contributed by atoms with Crippen LogP contribution in [0.15, 0.2) is 38.1 Å². The molecule has 0 unspecified atom stereocenters. The lowest BCUT2D eigenvalue weighted by molar-refractivity contribution is -0.432. The van der Waals surface area contributed by atoms with Gasteiger partial charge in [-0.05, 0) is 25.1 Å². The lowest BCUT2D eigenvalue weighted by atomic mass is 10.1. The summed E-state index contributed by atoms with van der Waals surface area (Å²) in [5.74, 6) is -0.775. The molecule has 2 aromatic rings. The van der Waals surface area contributed by atoms with Crippen LogP contribution in [0.3, 0.4) is 0 Å². The van der Waals surface area contributed by atoms with Gasteiger partial charge in [0, 0.05) is 10.5 Å². The fraction of sp³-hybridized carbons (Fsp3) is 0.0769. The number of nitrogens with zero attached hydrogens (tertiary/aromatic N) is 3. The summed E-state index contributed by atoms with van der Waals surface area (Å²) < 4.78 is 4.26. The van der Waals surface area contributed by atoms with Gasteiger partial charge in [0.25, 0.3) is 5.56 Å². The molecule has 11 heteroatoms. The van der Waals surface area contributed by atoms with Crippen molar-refractivity contribution in [3.8, 4) is 17.7 Å². The molecule has 0 saturated heterocycles. The Kier molecular flexibility index (Phi) is 5.51. The number of aromatic nitrogens is 1. The Morgan fingerprint density at radius 2 is 2.08 bits per heavy atom. The zero-order valence-corrected chi connectivity index (χ0v) is 12.9. The van der Waals surface area contributed by atoms with Gasteiger partial charge in [0.15, 0.2) is 5.69 Å². The molecular weight excluding hydrogens is 340 g/mol. The molecule has 0 aliphatic carbocycles. The molecule has 1 aromatic heterocycles. The molecule has 2 rings (SSSR count). The van der Waals surface area contributed by atoms with E-state index in [4.69, 9.17) is 10.5 Å². The van der Waals surface area contributed by atoms with Crippen molar-refractivity contribution >= 4 is 23.4 Å². The second-order valence-corrected chi connectivity index (χ2v) is 5.11. The summed E-state index contributed by atoms with van der Waals surface area (Å²) >= 11 is 0.650. The summed E-state index contributed by atoms with van der Waals surface area (Å²) in [6, 6.07) is 5.86. The average molecular weight is 350 g/mol.